The van der Waals surface area contributed by atoms with Crippen molar-refractivity contribution in [3.63, 3.8) is 0 Å². The zero-order valence-corrected chi connectivity index (χ0v) is 29.5. The van der Waals surface area contributed by atoms with Crippen molar-refractivity contribution in [2.24, 2.45) is 0 Å². The van der Waals surface area contributed by atoms with E-state index in [0.29, 0.717) is 33.7 Å². The van der Waals surface area contributed by atoms with Gasteiger partial charge in [-0.3, -0.25) is 0 Å². The lowest BCUT2D eigenvalue weighted by atomic mass is 10.1. The first-order valence-corrected chi connectivity index (χ1v) is 17.1. The first kappa shape index (κ1) is 33.9. The van der Waals surface area contributed by atoms with Crippen molar-refractivity contribution in [1.29, 1.82) is 0 Å². The highest BCUT2D eigenvalue weighted by Crippen LogP contribution is 2.63. The van der Waals surface area contributed by atoms with Gasteiger partial charge in [0.1, 0.15) is 30.3 Å². The van der Waals surface area contributed by atoms with Crippen LogP contribution in [0, 0.1) is 0 Å². The Morgan fingerprint density at radius 3 is 1.52 bits per heavy atom. The Hall–Kier alpha value is -2.61. The normalized spacial score (nSPS) is 12.6. The van der Waals surface area contributed by atoms with E-state index in [1.807, 2.05) is 60.7 Å². The van der Waals surface area contributed by atoms with Crippen LogP contribution in [0.1, 0.15) is 89.4 Å². The van der Waals surface area contributed by atoms with Crippen LogP contribution in [-0.4, -0.2) is 21.4 Å². The maximum absolute atomic E-state index is 13.1. The molecule has 0 fully saturated rings. The minimum absolute atomic E-state index is 0.100. The Labute approximate surface area is 262 Å². The second kappa shape index (κ2) is 13.4. The molecule has 3 rings (SSSR count). The molecule has 0 amide bonds. The standard InChI is InChI=1S/C35H47BrO5Si/c1-33(2,3)42(34(4,5)6,35(7,8)9)41-24-28-30(39-22-25-17-13-11-14-18-25)27(32(37)38-10)21-29(36)31(28)40-23-26-19-15-12-16-20-26/h11-21H,22-24H2,1-10H3. The average Bonchev–Trinajstić information content (AvgIpc) is 2.90. The largest absolute Gasteiger partial charge is 0.487 e. The van der Waals surface area contributed by atoms with Gasteiger partial charge in [-0.2, -0.15) is 0 Å². The Kier molecular flexibility index (Phi) is 10.8. The second-order valence-electron chi connectivity index (χ2n) is 13.8. The number of esters is 1. The van der Waals surface area contributed by atoms with Crippen molar-refractivity contribution in [2.75, 3.05) is 7.11 Å². The van der Waals surface area contributed by atoms with Crippen molar-refractivity contribution < 1.29 is 23.4 Å². The number of ether oxygens (including phenoxy) is 3. The molecule has 3 aromatic rings. The summed E-state index contributed by atoms with van der Waals surface area (Å²) in [4.78, 5) is 13.1. The molecule has 0 atom stereocenters. The van der Waals surface area contributed by atoms with Crippen LogP contribution in [0.2, 0.25) is 15.1 Å². The van der Waals surface area contributed by atoms with Crippen LogP contribution in [0.3, 0.4) is 0 Å². The van der Waals surface area contributed by atoms with Crippen molar-refractivity contribution in [3.05, 3.63) is 93.5 Å². The lowest BCUT2D eigenvalue weighted by Gasteiger charge is -2.58. The molecule has 228 valence electrons. The van der Waals surface area contributed by atoms with Gasteiger partial charge in [0.2, 0.25) is 8.32 Å². The van der Waals surface area contributed by atoms with Gasteiger partial charge < -0.3 is 18.6 Å². The molecular weight excluding hydrogens is 608 g/mol. The fraction of sp³-hybridized carbons (Fsp3) is 0.457. The maximum Gasteiger partial charge on any atom is 0.341 e. The maximum atomic E-state index is 13.1. The molecule has 0 aromatic heterocycles. The Morgan fingerprint density at radius 2 is 1.12 bits per heavy atom. The number of hydrogen-bond acceptors (Lipinski definition) is 5. The van der Waals surface area contributed by atoms with Crippen LogP contribution in [0.5, 0.6) is 11.5 Å². The van der Waals surface area contributed by atoms with Gasteiger partial charge in [-0.05, 0) is 48.2 Å². The SMILES string of the molecule is COC(=O)c1cc(Br)c(OCc2ccccc2)c(CO[Si](C(C)(C)C)(C(C)(C)C)C(C)(C)C)c1OCc1ccccc1. The number of methoxy groups -OCH3 is 1. The Morgan fingerprint density at radius 1 is 0.690 bits per heavy atom. The number of carbonyl (C=O) groups excluding carboxylic acids is 1. The molecule has 0 N–H and O–H groups in total. The molecule has 7 heteroatoms. The summed E-state index contributed by atoms with van der Waals surface area (Å²) in [5, 5.41) is -0.301. The van der Waals surface area contributed by atoms with Crippen molar-refractivity contribution in [1.82, 2.24) is 0 Å². The van der Waals surface area contributed by atoms with Gasteiger partial charge in [0, 0.05) is 0 Å². The topological polar surface area (TPSA) is 54.0 Å². The second-order valence-corrected chi connectivity index (χ2v) is 20.8. The van der Waals surface area contributed by atoms with Crippen molar-refractivity contribution >= 4 is 30.2 Å². The number of hydrogen-bond donors (Lipinski definition) is 0. The summed E-state index contributed by atoms with van der Waals surface area (Å²) < 4.78 is 26.1. The zero-order chi connectivity index (χ0) is 31.3. The number of carbonyl (C=O) groups is 1. The first-order chi connectivity index (χ1) is 19.5. The van der Waals surface area contributed by atoms with E-state index in [4.69, 9.17) is 18.6 Å². The molecule has 0 bridgehead atoms. The third kappa shape index (κ3) is 7.29. The van der Waals surface area contributed by atoms with Gasteiger partial charge in [0.25, 0.3) is 0 Å². The van der Waals surface area contributed by atoms with Gasteiger partial charge >= 0.3 is 5.97 Å². The molecule has 5 nitrogen and oxygen atoms in total. The van der Waals surface area contributed by atoms with Crippen LogP contribution in [0.4, 0.5) is 0 Å². The third-order valence-electron chi connectivity index (χ3n) is 7.74. The van der Waals surface area contributed by atoms with E-state index < -0.39 is 14.3 Å². The van der Waals surface area contributed by atoms with E-state index in [-0.39, 0.29) is 28.3 Å². The molecule has 0 radical (unpaired) electrons. The van der Waals surface area contributed by atoms with Crippen molar-refractivity contribution in [3.8, 4) is 11.5 Å². The van der Waals surface area contributed by atoms with Crippen LogP contribution >= 0.6 is 15.9 Å². The first-order valence-electron chi connectivity index (χ1n) is 14.4. The van der Waals surface area contributed by atoms with Crippen LogP contribution < -0.4 is 9.47 Å². The molecule has 0 aliphatic heterocycles. The molecule has 42 heavy (non-hydrogen) atoms. The molecule has 0 saturated heterocycles. The third-order valence-corrected chi connectivity index (χ3v) is 15.2. The summed E-state index contributed by atoms with van der Waals surface area (Å²) in [7, 11) is -1.24. The van der Waals surface area contributed by atoms with Gasteiger partial charge in [-0.25, -0.2) is 4.79 Å². The highest BCUT2D eigenvalue weighted by molar-refractivity contribution is 9.10. The Bertz CT molecular complexity index is 1300. The van der Waals surface area contributed by atoms with E-state index in [1.54, 1.807) is 6.07 Å². The summed E-state index contributed by atoms with van der Waals surface area (Å²) in [5.41, 5.74) is 3.02. The monoisotopic (exact) mass is 654 g/mol. The molecule has 0 saturated carbocycles. The fourth-order valence-corrected chi connectivity index (χ4v) is 16.0. The summed E-state index contributed by atoms with van der Waals surface area (Å²) in [6.45, 7) is 21.4. The van der Waals surface area contributed by atoms with E-state index in [9.17, 15) is 4.79 Å². The van der Waals surface area contributed by atoms with E-state index >= 15 is 0 Å². The lowest BCUT2D eigenvalue weighted by Crippen LogP contribution is -2.60. The summed E-state index contributed by atoms with van der Waals surface area (Å²) in [5.74, 6) is 0.520. The predicted molar refractivity (Wildman–Crippen MR) is 177 cm³/mol. The highest BCUT2D eigenvalue weighted by atomic mass is 79.9. The molecule has 3 aromatic carbocycles. The molecule has 0 spiro atoms. The van der Waals surface area contributed by atoms with Crippen LogP contribution in [0.25, 0.3) is 0 Å². The number of rotatable bonds is 10. The summed E-state index contributed by atoms with van der Waals surface area (Å²) >= 11 is 3.71. The average molecular weight is 656 g/mol. The van der Waals surface area contributed by atoms with Gasteiger partial charge in [0.15, 0.2) is 0 Å². The fourth-order valence-electron chi connectivity index (χ4n) is 7.05. The molecule has 0 aliphatic rings. The highest BCUT2D eigenvalue weighted by Gasteiger charge is 2.62. The van der Waals surface area contributed by atoms with Gasteiger partial charge in [0.05, 0.1) is 23.8 Å². The quantitative estimate of drug-likeness (QED) is 0.161. The molecule has 0 heterocycles. The number of benzene rings is 3. The zero-order valence-electron chi connectivity index (χ0n) is 26.9. The predicted octanol–water partition coefficient (Wildman–Crippen LogP) is 10.3. The summed E-state index contributed by atoms with van der Waals surface area (Å²) in [6.07, 6.45) is 0. The van der Waals surface area contributed by atoms with E-state index in [2.05, 4.69) is 78.2 Å². The van der Waals surface area contributed by atoms with Crippen LogP contribution in [-0.2, 0) is 29.0 Å². The summed E-state index contributed by atoms with van der Waals surface area (Å²) in [6, 6.07) is 21.6. The molecular formula is C35H47BrO5Si. The van der Waals surface area contributed by atoms with Crippen LogP contribution in [0.15, 0.2) is 71.2 Å². The van der Waals surface area contributed by atoms with E-state index in [1.165, 1.54) is 7.11 Å². The Balaban J connectivity index is 2.22. The smallest absolute Gasteiger partial charge is 0.341 e. The van der Waals surface area contributed by atoms with Gasteiger partial charge in [-0.15, -0.1) is 0 Å². The lowest BCUT2D eigenvalue weighted by molar-refractivity contribution is 0.0594. The van der Waals surface area contributed by atoms with Gasteiger partial charge in [-0.1, -0.05) is 123 Å². The minimum Gasteiger partial charge on any atom is -0.487 e. The number of halogens is 1. The molecule has 0 unspecified atom stereocenters. The minimum atomic E-state index is -2.62. The van der Waals surface area contributed by atoms with Crippen molar-refractivity contribution in [2.45, 2.75) is 97.2 Å². The molecule has 0 aliphatic carbocycles. The van der Waals surface area contributed by atoms with E-state index in [0.717, 1.165) is 11.1 Å².